The fraction of sp³-hybridized carbons (Fsp3) is 0.214. The number of esters is 1. The van der Waals surface area contributed by atoms with E-state index in [4.69, 9.17) is 4.74 Å². The molecule has 9 heteroatoms. The molecule has 3 aromatic rings. The van der Waals surface area contributed by atoms with Crippen LogP contribution < -0.4 is 19.8 Å². The first-order chi connectivity index (χ1) is 17.9. The lowest BCUT2D eigenvalue weighted by Gasteiger charge is -2.24. The number of para-hydroxylation sites is 1. The van der Waals surface area contributed by atoms with Crippen molar-refractivity contribution < 1.29 is 14.3 Å². The second kappa shape index (κ2) is 9.99. The number of rotatable bonds is 6. The lowest BCUT2D eigenvalue weighted by Crippen LogP contribution is -2.41. The molecule has 0 bridgehead atoms. The van der Waals surface area contributed by atoms with E-state index in [-0.39, 0.29) is 23.6 Å². The number of allylic oxidation sites excluding steroid dienone is 1. The van der Waals surface area contributed by atoms with E-state index in [1.807, 2.05) is 61.7 Å². The zero-order valence-corrected chi connectivity index (χ0v) is 22.3. The van der Waals surface area contributed by atoms with E-state index in [0.29, 0.717) is 27.1 Å². The highest BCUT2D eigenvalue weighted by atomic mass is 32.2. The number of hydrogen-bond donors (Lipinski definition) is 0. The maximum atomic E-state index is 14.1. The Morgan fingerprint density at radius 2 is 1.92 bits per heavy atom. The Labute approximate surface area is 222 Å². The van der Waals surface area contributed by atoms with Crippen molar-refractivity contribution in [1.82, 2.24) is 4.57 Å². The van der Waals surface area contributed by atoms with Crippen LogP contribution in [-0.2, 0) is 14.3 Å². The number of likely N-dealkylation sites (N-methyl/N-ethyl adjacent to an activating group) is 1. The quantitative estimate of drug-likeness (QED) is 0.277. The molecule has 3 heterocycles. The van der Waals surface area contributed by atoms with Gasteiger partial charge in [-0.25, -0.2) is 9.79 Å². The summed E-state index contributed by atoms with van der Waals surface area (Å²) < 4.78 is 7.22. The molecule has 1 atom stereocenters. The van der Waals surface area contributed by atoms with Gasteiger partial charge in [0.15, 0.2) is 4.80 Å². The molecule has 0 saturated heterocycles. The Morgan fingerprint density at radius 1 is 1.19 bits per heavy atom. The molecule has 0 N–H and O–H groups in total. The number of nitrogens with zero attached hydrogens (tertiary/aromatic N) is 3. The van der Waals surface area contributed by atoms with Crippen LogP contribution in [0.5, 0.6) is 0 Å². The number of carbonyl (C=O) groups excluding carboxylic acids is 2. The van der Waals surface area contributed by atoms with Gasteiger partial charge in [0.1, 0.15) is 11.1 Å². The van der Waals surface area contributed by atoms with Gasteiger partial charge in [0, 0.05) is 17.0 Å². The number of amides is 1. The minimum atomic E-state index is -0.743. The number of aromatic nitrogens is 1. The van der Waals surface area contributed by atoms with Crippen LogP contribution in [0, 0.1) is 0 Å². The number of benzene rings is 2. The molecule has 7 nitrogen and oxygen atoms in total. The highest BCUT2D eigenvalue weighted by molar-refractivity contribution is 7.98. The standard InChI is InChI=1S/C28H25N3O4S2/c1-5-15-35-27(34)21-16(3)29-28-31(23(21)17-11-13-18(36-4)14-12-17)26(33)24(37-28)22-19-9-7-8-10-20(19)30(6-2)25(22)32/h5,7-14,23H,1,6,15H2,2-4H3. The minimum Gasteiger partial charge on any atom is -0.458 e. The van der Waals surface area contributed by atoms with Crippen molar-refractivity contribution in [3.05, 3.63) is 103 Å². The Kier molecular flexibility index (Phi) is 6.74. The number of fused-ring (bicyclic) bond motifs is 2. The Bertz CT molecular complexity index is 1650. The van der Waals surface area contributed by atoms with E-state index >= 15 is 0 Å². The van der Waals surface area contributed by atoms with Gasteiger partial charge in [-0.2, -0.15) is 0 Å². The van der Waals surface area contributed by atoms with Crippen LogP contribution in [-0.4, -0.2) is 35.9 Å². The highest BCUT2D eigenvalue weighted by Crippen LogP contribution is 2.35. The first-order valence-electron chi connectivity index (χ1n) is 11.8. The molecule has 5 rings (SSSR count). The molecule has 2 aliphatic heterocycles. The number of ether oxygens (including phenoxy) is 1. The summed E-state index contributed by atoms with van der Waals surface area (Å²) in [4.78, 5) is 48.5. The Morgan fingerprint density at radius 3 is 2.59 bits per heavy atom. The topological polar surface area (TPSA) is 81.0 Å². The summed E-state index contributed by atoms with van der Waals surface area (Å²) in [5.74, 6) is -0.770. The summed E-state index contributed by atoms with van der Waals surface area (Å²) in [5.41, 5.74) is 3.03. The second-order valence-corrected chi connectivity index (χ2v) is 10.4. The number of hydrogen-bond acceptors (Lipinski definition) is 7. The molecule has 0 radical (unpaired) electrons. The van der Waals surface area contributed by atoms with Crippen LogP contribution in [0.15, 0.2) is 87.1 Å². The number of carbonyl (C=O) groups is 2. The maximum absolute atomic E-state index is 14.1. The van der Waals surface area contributed by atoms with E-state index < -0.39 is 12.0 Å². The number of anilines is 1. The highest BCUT2D eigenvalue weighted by Gasteiger charge is 2.36. The molecule has 37 heavy (non-hydrogen) atoms. The summed E-state index contributed by atoms with van der Waals surface area (Å²) in [6, 6.07) is 14.5. The SMILES string of the molecule is C=CCOC(=O)C1=C(C)N=c2sc(=C3C(=O)N(CC)c4ccccc43)c(=O)n2C1c1ccc(SC)cc1. The third-order valence-corrected chi connectivity index (χ3v) is 8.24. The van der Waals surface area contributed by atoms with Gasteiger partial charge in [0.2, 0.25) is 0 Å². The van der Waals surface area contributed by atoms with E-state index in [1.165, 1.54) is 22.0 Å². The molecule has 2 aromatic carbocycles. The van der Waals surface area contributed by atoms with Crippen molar-refractivity contribution in [3.63, 3.8) is 0 Å². The first-order valence-corrected chi connectivity index (χ1v) is 13.8. The van der Waals surface area contributed by atoms with Gasteiger partial charge in [-0.3, -0.25) is 14.2 Å². The lowest BCUT2D eigenvalue weighted by atomic mass is 9.96. The monoisotopic (exact) mass is 531 g/mol. The predicted molar refractivity (Wildman–Crippen MR) is 147 cm³/mol. The molecule has 1 unspecified atom stereocenters. The van der Waals surface area contributed by atoms with Crippen molar-refractivity contribution in [1.29, 1.82) is 0 Å². The van der Waals surface area contributed by atoms with Crippen molar-refractivity contribution in [2.75, 3.05) is 24.3 Å². The number of thioether (sulfide) groups is 1. The van der Waals surface area contributed by atoms with Gasteiger partial charge >= 0.3 is 5.97 Å². The van der Waals surface area contributed by atoms with Crippen LogP contribution in [0.3, 0.4) is 0 Å². The predicted octanol–water partition coefficient (Wildman–Crippen LogP) is 3.42. The van der Waals surface area contributed by atoms with Gasteiger partial charge in [-0.15, -0.1) is 11.8 Å². The third kappa shape index (κ3) is 4.08. The van der Waals surface area contributed by atoms with Crippen molar-refractivity contribution in [3.8, 4) is 0 Å². The summed E-state index contributed by atoms with van der Waals surface area (Å²) in [6.07, 6.45) is 3.48. The van der Waals surface area contributed by atoms with E-state index in [2.05, 4.69) is 11.6 Å². The molecule has 0 aliphatic carbocycles. The molecule has 0 saturated carbocycles. The van der Waals surface area contributed by atoms with Crippen LogP contribution in [0.2, 0.25) is 0 Å². The molecule has 1 amide bonds. The van der Waals surface area contributed by atoms with Gasteiger partial charge in [-0.1, -0.05) is 54.3 Å². The minimum absolute atomic E-state index is 0.0421. The molecular formula is C28H25N3O4S2. The third-order valence-electron chi connectivity index (χ3n) is 6.45. The zero-order chi connectivity index (χ0) is 26.3. The van der Waals surface area contributed by atoms with Gasteiger partial charge in [-0.05, 0) is 43.9 Å². The van der Waals surface area contributed by atoms with Crippen molar-refractivity contribution >= 4 is 46.2 Å². The molecule has 0 spiro atoms. The van der Waals surface area contributed by atoms with Gasteiger partial charge in [0.25, 0.3) is 11.5 Å². The van der Waals surface area contributed by atoms with Crippen LogP contribution in [0.4, 0.5) is 5.69 Å². The smallest absolute Gasteiger partial charge is 0.338 e. The molecule has 188 valence electrons. The molecule has 0 fully saturated rings. The largest absolute Gasteiger partial charge is 0.458 e. The Balaban J connectivity index is 1.79. The zero-order valence-electron chi connectivity index (χ0n) is 20.7. The van der Waals surface area contributed by atoms with Crippen LogP contribution in [0.25, 0.3) is 5.57 Å². The number of thiazole rings is 1. The second-order valence-electron chi connectivity index (χ2n) is 8.50. The summed E-state index contributed by atoms with van der Waals surface area (Å²) in [5, 5.41) is 0. The average molecular weight is 532 g/mol. The van der Waals surface area contributed by atoms with Crippen LogP contribution in [0.1, 0.15) is 31.0 Å². The van der Waals surface area contributed by atoms with E-state index in [1.54, 1.807) is 23.6 Å². The maximum Gasteiger partial charge on any atom is 0.338 e. The first kappa shape index (κ1) is 25.0. The van der Waals surface area contributed by atoms with Crippen molar-refractivity contribution in [2.45, 2.75) is 24.8 Å². The molecular weight excluding hydrogens is 506 g/mol. The fourth-order valence-electron chi connectivity index (χ4n) is 4.76. The van der Waals surface area contributed by atoms with Crippen molar-refractivity contribution in [2.24, 2.45) is 4.99 Å². The average Bonchev–Trinajstić information content (AvgIpc) is 3.38. The summed E-state index contributed by atoms with van der Waals surface area (Å²) >= 11 is 2.78. The van der Waals surface area contributed by atoms with E-state index in [9.17, 15) is 14.4 Å². The lowest BCUT2D eigenvalue weighted by molar-refractivity contribution is -0.138. The Hall–Kier alpha value is -3.69. The van der Waals surface area contributed by atoms with E-state index in [0.717, 1.165) is 21.7 Å². The van der Waals surface area contributed by atoms with Crippen LogP contribution >= 0.6 is 23.1 Å². The normalized spacial score (nSPS) is 17.9. The van der Waals surface area contributed by atoms with Gasteiger partial charge in [0.05, 0.1) is 28.6 Å². The summed E-state index contributed by atoms with van der Waals surface area (Å²) in [7, 11) is 0. The summed E-state index contributed by atoms with van der Waals surface area (Å²) in [6.45, 7) is 7.79. The molecule has 1 aromatic heterocycles. The molecule has 2 aliphatic rings. The van der Waals surface area contributed by atoms with Gasteiger partial charge < -0.3 is 9.64 Å². The fourth-order valence-corrected chi connectivity index (χ4v) is 6.31.